The van der Waals surface area contributed by atoms with Gasteiger partial charge >= 0.3 is 5.97 Å². The van der Waals surface area contributed by atoms with Crippen LogP contribution in [0.25, 0.3) is 0 Å². The maximum absolute atomic E-state index is 13.3. The van der Waals surface area contributed by atoms with Crippen molar-refractivity contribution in [1.82, 2.24) is 9.88 Å². The number of carbonyl (C=O) groups excluding carboxylic acids is 2. The Balaban J connectivity index is 1.68. The summed E-state index contributed by atoms with van der Waals surface area (Å²) in [6, 6.07) is 7.98. The van der Waals surface area contributed by atoms with E-state index in [1.807, 2.05) is 0 Å². The van der Waals surface area contributed by atoms with E-state index in [4.69, 9.17) is 5.73 Å². The van der Waals surface area contributed by atoms with Crippen LogP contribution in [-0.4, -0.2) is 47.9 Å². The Morgan fingerprint density at radius 3 is 2.39 bits per heavy atom. The monoisotopic (exact) mass is 390 g/mol. The lowest BCUT2D eigenvalue weighted by Gasteiger charge is -2.31. The Kier molecular flexibility index (Phi) is 5.43. The van der Waals surface area contributed by atoms with Gasteiger partial charge in [-0.2, -0.15) is 0 Å². The number of ether oxygens (including phenoxy) is 1. The predicted molar refractivity (Wildman–Crippen MR) is 99.8 cm³/mol. The molecule has 9 heteroatoms. The van der Waals surface area contributed by atoms with Gasteiger partial charge in [0.1, 0.15) is 0 Å². The summed E-state index contributed by atoms with van der Waals surface area (Å²) in [6.07, 6.45) is 0.669. The molecule has 0 radical (unpaired) electrons. The molecule has 0 atom stereocenters. The molecule has 1 aromatic heterocycles. The number of nitrogens with one attached hydrogen (secondary N) is 1. The highest BCUT2D eigenvalue weighted by Crippen LogP contribution is 2.29. The van der Waals surface area contributed by atoms with Gasteiger partial charge in [0, 0.05) is 37.8 Å². The van der Waals surface area contributed by atoms with Crippen molar-refractivity contribution in [1.29, 1.82) is 0 Å². The van der Waals surface area contributed by atoms with E-state index in [1.54, 1.807) is 24.3 Å². The highest BCUT2D eigenvalue weighted by Gasteiger charge is 2.35. The lowest BCUT2D eigenvalue weighted by atomic mass is 10.1. The van der Waals surface area contributed by atoms with Gasteiger partial charge in [-0.3, -0.25) is 4.79 Å². The Hall–Kier alpha value is -3.23. The van der Waals surface area contributed by atoms with E-state index in [1.165, 1.54) is 24.3 Å². The van der Waals surface area contributed by atoms with Crippen LogP contribution in [0.3, 0.4) is 0 Å². The molecule has 0 bridgehead atoms. The van der Waals surface area contributed by atoms with E-state index in [9.17, 15) is 18.4 Å². The molecule has 3 N–H and O–H groups in total. The summed E-state index contributed by atoms with van der Waals surface area (Å²) in [4.78, 5) is 29.5. The van der Waals surface area contributed by atoms with Crippen LogP contribution in [0.15, 0.2) is 36.5 Å². The Bertz CT molecular complexity index is 877. The highest BCUT2D eigenvalue weighted by atomic mass is 19.3. The molecule has 1 amide bonds. The van der Waals surface area contributed by atoms with Gasteiger partial charge in [-0.05, 0) is 30.3 Å². The summed E-state index contributed by atoms with van der Waals surface area (Å²) in [5.74, 6) is -3.19. The van der Waals surface area contributed by atoms with Crippen LogP contribution in [0.1, 0.15) is 33.6 Å². The van der Waals surface area contributed by atoms with Gasteiger partial charge in [-0.15, -0.1) is 0 Å². The minimum Gasteiger partial charge on any atom is -0.465 e. The van der Waals surface area contributed by atoms with Crippen LogP contribution in [0.5, 0.6) is 0 Å². The fourth-order valence-electron chi connectivity index (χ4n) is 2.87. The van der Waals surface area contributed by atoms with Crippen molar-refractivity contribution in [3.05, 3.63) is 47.7 Å². The second kappa shape index (κ2) is 7.79. The van der Waals surface area contributed by atoms with Crippen LogP contribution in [0.2, 0.25) is 0 Å². The molecule has 0 spiro atoms. The average molecular weight is 390 g/mol. The third-order valence-corrected chi connectivity index (χ3v) is 4.52. The third kappa shape index (κ3) is 4.36. The van der Waals surface area contributed by atoms with Gasteiger partial charge in [-0.1, -0.05) is 0 Å². The van der Waals surface area contributed by atoms with Gasteiger partial charge in [0.05, 0.1) is 23.9 Å². The molecule has 148 valence electrons. The summed E-state index contributed by atoms with van der Waals surface area (Å²) >= 11 is 0. The molecule has 1 fully saturated rings. The first kappa shape index (κ1) is 19.5. The summed E-state index contributed by atoms with van der Waals surface area (Å²) in [5, 5.41) is 3.00. The number of piperidine rings is 1. The number of nitrogen functional groups attached to an aromatic ring is 1. The normalized spacial score (nSPS) is 15.8. The van der Waals surface area contributed by atoms with Crippen molar-refractivity contribution in [2.75, 3.05) is 31.2 Å². The van der Waals surface area contributed by atoms with E-state index in [0.717, 1.165) is 0 Å². The molecule has 28 heavy (non-hydrogen) atoms. The molecule has 1 aliphatic heterocycles. The number of hydrogen-bond acceptors (Lipinski definition) is 6. The van der Waals surface area contributed by atoms with Crippen LogP contribution >= 0.6 is 0 Å². The zero-order chi connectivity index (χ0) is 20.3. The molecule has 0 aliphatic carbocycles. The predicted octanol–water partition coefficient (Wildman–Crippen LogP) is 3.07. The van der Waals surface area contributed by atoms with E-state index in [0.29, 0.717) is 17.1 Å². The standard InChI is InChI=1S/C19H20F2N4O3/c1-28-18(27)12-2-4-14(5-3-12)24-16-15(22)10-13(11-23-16)17(26)25-8-6-19(20,21)7-9-25/h2-5,10-11H,6-9,22H2,1H3,(H,23,24). The van der Waals surface area contributed by atoms with E-state index < -0.39 is 11.9 Å². The van der Waals surface area contributed by atoms with Gasteiger partial charge in [0.25, 0.3) is 11.8 Å². The number of anilines is 3. The maximum atomic E-state index is 13.3. The molecule has 2 aromatic rings. The second-order valence-corrected chi connectivity index (χ2v) is 6.50. The zero-order valence-electron chi connectivity index (χ0n) is 15.2. The quantitative estimate of drug-likeness (QED) is 0.779. The summed E-state index contributed by atoms with van der Waals surface area (Å²) < 4.78 is 31.1. The number of halogens is 2. The third-order valence-electron chi connectivity index (χ3n) is 4.52. The summed E-state index contributed by atoms with van der Waals surface area (Å²) in [6.45, 7) is -0.00341. The van der Waals surface area contributed by atoms with E-state index in [2.05, 4.69) is 15.0 Å². The fourth-order valence-corrected chi connectivity index (χ4v) is 2.87. The molecule has 0 unspecified atom stereocenters. The molecule has 1 saturated heterocycles. The van der Waals surface area contributed by atoms with Gasteiger partial charge in [-0.25, -0.2) is 18.6 Å². The Morgan fingerprint density at radius 1 is 1.18 bits per heavy atom. The highest BCUT2D eigenvalue weighted by molar-refractivity contribution is 5.95. The molecule has 7 nitrogen and oxygen atoms in total. The molecule has 0 saturated carbocycles. The van der Waals surface area contributed by atoms with E-state index >= 15 is 0 Å². The van der Waals surface area contributed by atoms with Gasteiger partial charge < -0.3 is 20.7 Å². The lowest BCUT2D eigenvalue weighted by molar-refractivity contribution is -0.0494. The fraction of sp³-hybridized carbons (Fsp3) is 0.316. The number of hydrogen-bond donors (Lipinski definition) is 2. The number of nitrogens with zero attached hydrogens (tertiary/aromatic N) is 2. The van der Waals surface area contributed by atoms with Crippen LogP contribution in [0.4, 0.5) is 26.0 Å². The number of carbonyl (C=O) groups is 2. The van der Waals surface area contributed by atoms with Gasteiger partial charge in [0.15, 0.2) is 5.82 Å². The Labute approximate surface area is 160 Å². The minimum atomic E-state index is -2.72. The van der Waals surface area contributed by atoms with Crippen molar-refractivity contribution < 1.29 is 23.1 Å². The van der Waals surface area contributed by atoms with Crippen molar-refractivity contribution in [3.63, 3.8) is 0 Å². The number of alkyl halides is 2. The van der Waals surface area contributed by atoms with Crippen LogP contribution in [-0.2, 0) is 4.74 Å². The number of likely N-dealkylation sites (tertiary alicyclic amines) is 1. The number of rotatable bonds is 4. The number of amides is 1. The molecular formula is C19H20F2N4O3. The largest absolute Gasteiger partial charge is 0.465 e. The molecule has 1 aliphatic rings. The smallest absolute Gasteiger partial charge is 0.337 e. The molecular weight excluding hydrogens is 370 g/mol. The molecule has 2 heterocycles. The molecule has 1 aromatic carbocycles. The van der Waals surface area contributed by atoms with Gasteiger partial charge in [0.2, 0.25) is 0 Å². The summed E-state index contributed by atoms with van der Waals surface area (Å²) in [7, 11) is 1.30. The first-order valence-electron chi connectivity index (χ1n) is 8.67. The van der Waals surface area contributed by atoms with Crippen LogP contribution in [0, 0.1) is 0 Å². The number of methoxy groups -OCH3 is 1. The number of pyridine rings is 1. The average Bonchev–Trinajstić information content (AvgIpc) is 2.69. The van der Waals surface area contributed by atoms with E-state index in [-0.39, 0.29) is 43.1 Å². The zero-order valence-corrected chi connectivity index (χ0v) is 15.2. The second-order valence-electron chi connectivity index (χ2n) is 6.50. The van der Waals surface area contributed by atoms with Crippen molar-refractivity contribution >= 4 is 29.1 Å². The minimum absolute atomic E-state index is 0.00170. The SMILES string of the molecule is COC(=O)c1ccc(Nc2ncc(C(=O)N3CCC(F)(F)CC3)cc2N)cc1. The van der Waals surface area contributed by atoms with Crippen molar-refractivity contribution in [3.8, 4) is 0 Å². The first-order chi connectivity index (χ1) is 13.3. The van der Waals surface area contributed by atoms with Crippen LogP contribution < -0.4 is 11.1 Å². The summed E-state index contributed by atoms with van der Waals surface area (Å²) in [5.41, 5.74) is 7.52. The number of esters is 1. The molecule has 3 rings (SSSR count). The number of nitrogens with two attached hydrogens (primary N) is 1. The first-order valence-corrected chi connectivity index (χ1v) is 8.67. The topological polar surface area (TPSA) is 97.5 Å². The van der Waals surface area contributed by atoms with Crippen molar-refractivity contribution in [2.24, 2.45) is 0 Å². The Morgan fingerprint density at radius 2 is 1.82 bits per heavy atom. The maximum Gasteiger partial charge on any atom is 0.337 e. The number of benzene rings is 1. The van der Waals surface area contributed by atoms with Crippen molar-refractivity contribution in [2.45, 2.75) is 18.8 Å². The lowest BCUT2D eigenvalue weighted by Crippen LogP contribution is -2.42. The number of aromatic nitrogens is 1.